The van der Waals surface area contributed by atoms with Crippen LogP contribution >= 0.6 is 0 Å². The predicted octanol–water partition coefficient (Wildman–Crippen LogP) is 3.02. The molecule has 3 aromatic heterocycles. The Balaban J connectivity index is 1.18. The Kier molecular flexibility index (Phi) is 6.37. The molecule has 33 heavy (non-hydrogen) atoms. The molecule has 2 aliphatic rings. The summed E-state index contributed by atoms with van der Waals surface area (Å²) in [6.07, 6.45) is 11.5. The lowest BCUT2D eigenvalue weighted by molar-refractivity contribution is -0.121. The number of hydrogen-bond acceptors (Lipinski definition) is 6. The molecule has 0 atom stereocenters. The van der Waals surface area contributed by atoms with E-state index in [1.807, 2.05) is 31.6 Å². The maximum atomic E-state index is 12.9. The lowest BCUT2D eigenvalue weighted by atomic mass is 9.81. The number of aromatic nitrogens is 4. The summed E-state index contributed by atoms with van der Waals surface area (Å²) < 4.78 is 1.76. The van der Waals surface area contributed by atoms with Crippen molar-refractivity contribution in [3.8, 4) is 11.3 Å². The molecule has 0 aromatic carbocycles. The number of pyridine rings is 2. The van der Waals surface area contributed by atoms with Gasteiger partial charge in [0, 0.05) is 75.2 Å². The van der Waals surface area contributed by atoms with Crippen LogP contribution in [-0.2, 0) is 11.8 Å². The Morgan fingerprint density at radius 2 is 1.73 bits per heavy atom. The number of likely N-dealkylation sites (N-methyl/N-ethyl adjacent to an activating group) is 1. The Bertz CT molecular complexity index is 1110. The quantitative estimate of drug-likeness (QED) is 0.648. The van der Waals surface area contributed by atoms with Gasteiger partial charge in [0.05, 0.1) is 11.9 Å². The number of carbonyl (C=O) groups excluding carboxylic acids is 1. The lowest BCUT2D eigenvalue weighted by Gasteiger charge is -2.36. The van der Waals surface area contributed by atoms with Gasteiger partial charge in [-0.3, -0.25) is 14.5 Å². The number of carbonyl (C=O) groups is 1. The number of amides is 1. The number of fused-ring (bicyclic) bond motifs is 1. The first kappa shape index (κ1) is 22.0. The smallest absolute Gasteiger partial charge is 0.228 e. The van der Waals surface area contributed by atoms with E-state index in [0.717, 1.165) is 66.7 Å². The number of aryl methyl sites for hydroxylation is 1. The Labute approximate surface area is 195 Å². The first-order chi connectivity index (χ1) is 16.0. The van der Waals surface area contributed by atoms with E-state index < -0.39 is 0 Å². The van der Waals surface area contributed by atoms with Crippen molar-refractivity contribution in [3.05, 3.63) is 36.9 Å². The summed E-state index contributed by atoms with van der Waals surface area (Å²) >= 11 is 0. The zero-order valence-corrected chi connectivity index (χ0v) is 19.6. The highest BCUT2D eigenvalue weighted by atomic mass is 16.1. The largest absolute Gasteiger partial charge is 0.310 e. The van der Waals surface area contributed by atoms with Crippen molar-refractivity contribution in [3.63, 3.8) is 0 Å². The second-order valence-electron chi connectivity index (χ2n) is 9.70. The van der Waals surface area contributed by atoms with Gasteiger partial charge in [-0.2, -0.15) is 5.10 Å². The molecule has 4 heterocycles. The van der Waals surface area contributed by atoms with Crippen LogP contribution in [0, 0.1) is 11.8 Å². The minimum Gasteiger partial charge on any atom is -0.310 e. The van der Waals surface area contributed by atoms with Gasteiger partial charge < -0.3 is 15.1 Å². The summed E-state index contributed by atoms with van der Waals surface area (Å²) in [5.74, 6) is 1.50. The molecule has 2 fully saturated rings. The van der Waals surface area contributed by atoms with E-state index in [1.54, 1.807) is 17.1 Å². The summed E-state index contributed by atoms with van der Waals surface area (Å²) in [6, 6.07) is 3.96. The minimum absolute atomic E-state index is 0.0784. The van der Waals surface area contributed by atoms with Crippen molar-refractivity contribution in [2.75, 3.05) is 45.1 Å². The van der Waals surface area contributed by atoms with Crippen LogP contribution < -0.4 is 5.32 Å². The van der Waals surface area contributed by atoms with Gasteiger partial charge >= 0.3 is 0 Å². The van der Waals surface area contributed by atoms with Crippen LogP contribution in [0.15, 0.2) is 36.9 Å². The summed E-state index contributed by atoms with van der Waals surface area (Å²) in [6.45, 7) is 5.85. The maximum Gasteiger partial charge on any atom is 0.228 e. The van der Waals surface area contributed by atoms with Crippen molar-refractivity contribution >= 4 is 22.5 Å². The van der Waals surface area contributed by atoms with Crippen LogP contribution in [0.3, 0.4) is 0 Å². The first-order valence-electron chi connectivity index (χ1n) is 12.0. The molecule has 8 nitrogen and oxygen atoms in total. The summed E-state index contributed by atoms with van der Waals surface area (Å²) in [5, 5.41) is 9.24. The monoisotopic (exact) mass is 447 g/mol. The molecule has 1 aliphatic heterocycles. The Morgan fingerprint density at radius 3 is 2.45 bits per heavy atom. The van der Waals surface area contributed by atoms with E-state index in [0.29, 0.717) is 5.82 Å². The van der Waals surface area contributed by atoms with Gasteiger partial charge in [-0.1, -0.05) is 0 Å². The van der Waals surface area contributed by atoms with Crippen molar-refractivity contribution in [2.45, 2.75) is 25.7 Å². The van der Waals surface area contributed by atoms with E-state index in [2.05, 4.69) is 37.2 Å². The fourth-order valence-corrected chi connectivity index (χ4v) is 5.05. The topological polar surface area (TPSA) is 79.2 Å². The Hall–Kier alpha value is -2.84. The highest BCUT2D eigenvalue weighted by molar-refractivity contribution is 5.94. The third-order valence-corrected chi connectivity index (χ3v) is 7.18. The normalized spacial score (nSPS) is 22.5. The number of piperazine rings is 1. The Morgan fingerprint density at radius 1 is 0.970 bits per heavy atom. The number of hydrogen-bond donors (Lipinski definition) is 1. The second kappa shape index (κ2) is 9.57. The van der Waals surface area contributed by atoms with Gasteiger partial charge in [0.15, 0.2) is 0 Å². The van der Waals surface area contributed by atoms with Crippen molar-refractivity contribution < 1.29 is 4.79 Å². The molecule has 0 bridgehead atoms. The van der Waals surface area contributed by atoms with Crippen LogP contribution in [0.5, 0.6) is 0 Å². The molecule has 0 radical (unpaired) electrons. The zero-order chi connectivity index (χ0) is 22.8. The van der Waals surface area contributed by atoms with Crippen LogP contribution in [-0.4, -0.2) is 75.2 Å². The molecule has 1 aliphatic carbocycles. The van der Waals surface area contributed by atoms with Crippen LogP contribution in [0.1, 0.15) is 25.7 Å². The number of anilines is 1. The van der Waals surface area contributed by atoms with Gasteiger partial charge in [-0.25, -0.2) is 4.98 Å². The third-order valence-electron chi connectivity index (χ3n) is 7.18. The van der Waals surface area contributed by atoms with Crippen molar-refractivity contribution in [2.24, 2.45) is 18.9 Å². The minimum atomic E-state index is 0.0784. The lowest BCUT2D eigenvalue weighted by Crippen LogP contribution is -2.46. The van der Waals surface area contributed by atoms with Gasteiger partial charge in [-0.15, -0.1) is 0 Å². The zero-order valence-electron chi connectivity index (χ0n) is 19.6. The van der Waals surface area contributed by atoms with Gasteiger partial charge in [-0.05, 0) is 56.2 Å². The second-order valence-corrected chi connectivity index (χ2v) is 9.70. The molecule has 174 valence electrons. The van der Waals surface area contributed by atoms with Gasteiger partial charge in [0.2, 0.25) is 5.91 Å². The molecule has 3 aromatic rings. The van der Waals surface area contributed by atoms with E-state index in [1.165, 1.54) is 19.6 Å². The van der Waals surface area contributed by atoms with Crippen LogP contribution in [0.4, 0.5) is 5.82 Å². The van der Waals surface area contributed by atoms with E-state index in [-0.39, 0.29) is 11.8 Å². The molecular weight excluding hydrogens is 414 g/mol. The average Bonchev–Trinajstić information content (AvgIpc) is 3.27. The highest BCUT2D eigenvalue weighted by Crippen LogP contribution is 2.31. The molecule has 1 N–H and O–H groups in total. The van der Waals surface area contributed by atoms with E-state index in [9.17, 15) is 4.79 Å². The van der Waals surface area contributed by atoms with Crippen LogP contribution in [0.25, 0.3) is 22.0 Å². The summed E-state index contributed by atoms with van der Waals surface area (Å²) in [7, 11) is 4.09. The van der Waals surface area contributed by atoms with Gasteiger partial charge in [0.1, 0.15) is 5.82 Å². The molecule has 5 rings (SSSR count). The molecular formula is C25H33N7O. The summed E-state index contributed by atoms with van der Waals surface area (Å²) in [4.78, 5) is 26.9. The number of nitrogens with one attached hydrogen (secondary N) is 1. The first-order valence-corrected chi connectivity index (χ1v) is 12.0. The highest BCUT2D eigenvalue weighted by Gasteiger charge is 2.28. The third kappa shape index (κ3) is 5.23. The molecule has 1 saturated heterocycles. The fraction of sp³-hybridized carbons (Fsp3) is 0.520. The standard InChI is InChI=1S/C25H33N7O/c1-30-7-9-32(10-8-30)16-18-3-5-19(6-4-18)25(33)29-24-12-20-11-23(22-15-28-31(2)17-22)26-13-21(20)14-27-24/h11-15,17-19H,3-10,16H2,1-2H3,(H,27,29,33). The molecule has 8 heteroatoms. The fourth-order valence-electron chi connectivity index (χ4n) is 5.05. The SMILES string of the molecule is CN1CCN(CC2CCC(C(=O)Nc3cc4cc(-c5cnn(C)c5)ncc4cn3)CC2)CC1. The molecule has 1 saturated carbocycles. The molecule has 0 unspecified atom stereocenters. The van der Waals surface area contributed by atoms with Crippen molar-refractivity contribution in [1.82, 2.24) is 29.5 Å². The van der Waals surface area contributed by atoms with E-state index in [4.69, 9.17) is 0 Å². The average molecular weight is 448 g/mol. The molecule has 1 amide bonds. The molecule has 0 spiro atoms. The number of rotatable bonds is 5. The predicted molar refractivity (Wildman–Crippen MR) is 130 cm³/mol. The van der Waals surface area contributed by atoms with Crippen molar-refractivity contribution in [1.29, 1.82) is 0 Å². The number of nitrogens with zero attached hydrogens (tertiary/aromatic N) is 6. The van der Waals surface area contributed by atoms with E-state index >= 15 is 0 Å². The van der Waals surface area contributed by atoms with Crippen LogP contribution in [0.2, 0.25) is 0 Å². The maximum absolute atomic E-state index is 12.9. The van der Waals surface area contributed by atoms with Gasteiger partial charge in [0.25, 0.3) is 0 Å². The summed E-state index contributed by atoms with van der Waals surface area (Å²) in [5.41, 5.74) is 1.83.